The van der Waals surface area contributed by atoms with Crippen molar-refractivity contribution in [2.75, 3.05) is 0 Å². The Bertz CT molecular complexity index is 231. The molecule has 0 radical (unpaired) electrons. The average molecular weight is 182 g/mol. The van der Waals surface area contributed by atoms with E-state index in [0.29, 0.717) is 11.8 Å². The summed E-state index contributed by atoms with van der Waals surface area (Å²) in [5.74, 6) is 1.76. The Balaban J connectivity index is 2.61. The molecule has 0 fully saturated rings. The molecule has 0 bridgehead atoms. The zero-order valence-electron chi connectivity index (χ0n) is 8.79. The van der Waals surface area contributed by atoms with Gasteiger partial charge in [-0.1, -0.05) is 27.7 Å². The number of nitrogens with one attached hydrogen (secondary N) is 1. The van der Waals surface area contributed by atoms with E-state index in [1.807, 2.05) is 13.8 Å². The van der Waals surface area contributed by atoms with Crippen LogP contribution in [0.1, 0.15) is 34.1 Å². The van der Waals surface area contributed by atoms with Crippen molar-refractivity contribution in [3.05, 3.63) is 0 Å². The first-order chi connectivity index (χ1) is 6.00. The fourth-order valence-corrected chi connectivity index (χ4v) is 1.42. The number of hydrogen-bond donors (Lipinski definition) is 1. The predicted molar refractivity (Wildman–Crippen MR) is 53.7 cm³/mol. The Morgan fingerprint density at radius 2 is 2.00 bits per heavy atom. The van der Waals surface area contributed by atoms with Crippen LogP contribution in [0.2, 0.25) is 0 Å². The van der Waals surface area contributed by atoms with Gasteiger partial charge in [-0.05, 0) is 11.8 Å². The van der Waals surface area contributed by atoms with Crippen molar-refractivity contribution in [3.63, 3.8) is 0 Å². The van der Waals surface area contributed by atoms with E-state index >= 15 is 0 Å². The summed E-state index contributed by atoms with van der Waals surface area (Å²) in [6.45, 7) is 8.28. The first-order valence-electron chi connectivity index (χ1n) is 4.88. The number of hydrogen-bond acceptors (Lipinski definition) is 2. The first kappa shape index (κ1) is 10.2. The van der Waals surface area contributed by atoms with E-state index in [0.717, 1.165) is 12.3 Å². The lowest BCUT2D eigenvalue weighted by atomic mass is 10.1. The summed E-state index contributed by atoms with van der Waals surface area (Å²) in [7, 11) is 0. The molecule has 0 saturated heterocycles. The number of amidine groups is 1. The molecule has 74 valence electrons. The van der Waals surface area contributed by atoms with Crippen LogP contribution in [-0.2, 0) is 4.79 Å². The van der Waals surface area contributed by atoms with Crippen LogP contribution in [0.15, 0.2) is 4.99 Å². The van der Waals surface area contributed by atoms with E-state index in [1.165, 1.54) is 0 Å². The molecule has 1 aliphatic heterocycles. The van der Waals surface area contributed by atoms with Crippen LogP contribution < -0.4 is 5.32 Å². The van der Waals surface area contributed by atoms with Crippen molar-refractivity contribution in [2.24, 2.45) is 16.8 Å². The second-order valence-corrected chi connectivity index (χ2v) is 4.35. The van der Waals surface area contributed by atoms with Gasteiger partial charge in [-0.15, -0.1) is 0 Å². The van der Waals surface area contributed by atoms with Gasteiger partial charge in [0.15, 0.2) is 0 Å². The van der Waals surface area contributed by atoms with Crippen molar-refractivity contribution in [1.82, 2.24) is 5.32 Å². The Morgan fingerprint density at radius 3 is 2.38 bits per heavy atom. The lowest BCUT2D eigenvalue weighted by Gasteiger charge is -2.06. The summed E-state index contributed by atoms with van der Waals surface area (Å²) in [5, 5.41) is 2.83. The number of aliphatic imine (C=N–C) groups is 1. The van der Waals surface area contributed by atoms with Gasteiger partial charge in [0.05, 0.1) is 0 Å². The zero-order valence-corrected chi connectivity index (χ0v) is 8.79. The summed E-state index contributed by atoms with van der Waals surface area (Å²) >= 11 is 0. The van der Waals surface area contributed by atoms with Crippen molar-refractivity contribution < 1.29 is 4.79 Å². The third kappa shape index (κ3) is 2.54. The van der Waals surface area contributed by atoms with Gasteiger partial charge in [-0.25, -0.2) is 0 Å². The van der Waals surface area contributed by atoms with Crippen LogP contribution in [0.3, 0.4) is 0 Å². The molecule has 0 aromatic heterocycles. The number of amides is 1. The molecule has 0 spiro atoms. The van der Waals surface area contributed by atoms with Crippen LogP contribution in [-0.4, -0.2) is 17.8 Å². The maximum atomic E-state index is 11.4. The van der Waals surface area contributed by atoms with E-state index in [2.05, 4.69) is 24.2 Å². The van der Waals surface area contributed by atoms with Crippen LogP contribution in [0.5, 0.6) is 0 Å². The molecule has 1 N–H and O–H groups in total. The maximum Gasteiger partial charge on any atom is 0.250 e. The number of carbonyl (C=O) groups excluding carboxylic acids is 1. The molecule has 1 rings (SSSR count). The third-order valence-electron chi connectivity index (χ3n) is 2.06. The fourth-order valence-electron chi connectivity index (χ4n) is 1.42. The molecule has 1 amide bonds. The van der Waals surface area contributed by atoms with E-state index in [-0.39, 0.29) is 11.9 Å². The minimum Gasteiger partial charge on any atom is -0.313 e. The first-order valence-corrected chi connectivity index (χ1v) is 4.88. The van der Waals surface area contributed by atoms with Gasteiger partial charge in [0.2, 0.25) is 5.91 Å². The highest BCUT2D eigenvalue weighted by Crippen LogP contribution is 2.14. The van der Waals surface area contributed by atoms with Gasteiger partial charge in [0.25, 0.3) is 0 Å². The van der Waals surface area contributed by atoms with Crippen LogP contribution in [0, 0.1) is 11.8 Å². The van der Waals surface area contributed by atoms with Gasteiger partial charge in [0, 0.05) is 6.42 Å². The largest absolute Gasteiger partial charge is 0.313 e. The predicted octanol–water partition coefficient (Wildman–Crippen LogP) is 1.59. The molecule has 0 aliphatic carbocycles. The highest BCUT2D eigenvalue weighted by Gasteiger charge is 2.28. The van der Waals surface area contributed by atoms with Crippen LogP contribution in [0.25, 0.3) is 0 Å². The Hall–Kier alpha value is -0.860. The molecule has 13 heavy (non-hydrogen) atoms. The molecule has 0 saturated carbocycles. The van der Waals surface area contributed by atoms with Gasteiger partial charge in [-0.3, -0.25) is 9.79 Å². The molecular weight excluding hydrogens is 164 g/mol. The van der Waals surface area contributed by atoms with Gasteiger partial charge in [-0.2, -0.15) is 0 Å². The molecule has 0 aromatic carbocycles. The standard InChI is InChI=1S/C10H18N2O/c1-6(2)5-8-11-9(7(3)4)10(13)12-8/h6-7,9H,5H2,1-4H3,(H,11,12,13). The monoisotopic (exact) mass is 182 g/mol. The second-order valence-electron chi connectivity index (χ2n) is 4.35. The van der Waals surface area contributed by atoms with Gasteiger partial charge in [0.1, 0.15) is 11.9 Å². The van der Waals surface area contributed by atoms with E-state index in [4.69, 9.17) is 0 Å². The summed E-state index contributed by atoms with van der Waals surface area (Å²) in [6, 6.07) is -0.159. The number of carbonyl (C=O) groups is 1. The van der Waals surface area contributed by atoms with Gasteiger partial charge < -0.3 is 5.32 Å². The minimum atomic E-state index is -0.159. The molecule has 1 heterocycles. The molecular formula is C10H18N2O. The Morgan fingerprint density at radius 1 is 1.38 bits per heavy atom. The summed E-state index contributed by atoms with van der Waals surface area (Å²) in [4.78, 5) is 15.7. The molecule has 3 heteroatoms. The number of rotatable bonds is 3. The quantitative estimate of drug-likeness (QED) is 0.707. The SMILES string of the molecule is CC(C)CC1=NC(C(C)C)C(=O)N1. The Kier molecular flexibility index (Phi) is 3.07. The Labute approximate surface area is 79.6 Å². The van der Waals surface area contributed by atoms with Crippen molar-refractivity contribution in [2.45, 2.75) is 40.2 Å². The zero-order chi connectivity index (χ0) is 10.0. The normalized spacial score (nSPS) is 22.5. The van der Waals surface area contributed by atoms with Crippen molar-refractivity contribution >= 4 is 11.7 Å². The highest BCUT2D eigenvalue weighted by molar-refractivity contribution is 6.05. The summed E-state index contributed by atoms with van der Waals surface area (Å²) in [6.07, 6.45) is 0.870. The van der Waals surface area contributed by atoms with Crippen molar-refractivity contribution in [1.29, 1.82) is 0 Å². The fraction of sp³-hybridized carbons (Fsp3) is 0.800. The third-order valence-corrected chi connectivity index (χ3v) is 2.06. The molecule has 1 unspecified atom stereocenters. The second kappa shape index (κ2) is 3.90. The molecule has 0 aromatic rings. The number of nitrogens with zero attached hydrogens (tertiary/aromatic N) is 1. The van der Waals surface area contributed by atoms with E-state index < -0.39 is 0 Å². The highest BCUT2D eigenvalue weighted by atomic mass is 16.2. The summed E-state index contributed by atoms with van der Waals surface area (Å²) in [5.41, 5.74) is 0. The van der Waals surface area contributed by atoms with Gasteiger partial charge >= 0.3 is 0 Å². The minimum absolute atomic E-state index is 0.0608. The van der Waals surface area contributed by atoms with E-state index in [9.17, 15) is 4.79 Å². The van der Waals surface area contributed by atoms with Crippen molar-refractivity contribution in [3.8, 4) is 0 Å². The molecule has 3 nitrogen and oxygen atoms in total. The smallest absolute Gasteiger partial charge is 0.250 e. The van der Waals surface area contributed by atoms with Crippen LogP contribution >= 0.6 is 0 Å². The topological polar surface area (TPSA) is 41.5 Å². The summed E-state index contributed by atoms with van der Waals surface area (Å²) < 4.78 is 0. The lowest BCUT2D eigenvalue weighted by molar-refractivity contribution is -0.120. The van der Waals surface area contributed by atoms with Crippen LogP contribution in [0.4, 0.5) is 0 Å². The maximum absolute atomic E-state index is 11.4. The van der Waals surface area contributed by atoms with E-state index in [1.54, 1.807) is 0 Å². The average Bonchev–Trinajstić information content (AvgIpc) is 2.29. The molecule has 1 aliphatic rings. The lowest BCUT2D eigenvalue weighted by Crippen LogP contribution is -2.31. The molecule has 1 atom stereocenters.